The van der Waals surface area contributed by atoms with E-state index < -0.39 is 0 Å². The van der Waals surface area contributed by atoms with Gasteiger partial charge in [0.25, 0.3) is 0 Å². The van der Waals surface area contributed by atoms with Crippen molar-refractivity contribution in [3.8, 4) is 0 Å². The third-order valence-electron chi connectivity index (χ3n) is 1.24. The standard InChI is InChI=1S/C9H18S/c1-3-5-6-7-9-10-8-4-2/h3,5H,4,6-9H2,1-2H3. The van der Waals surface area contributed by atoms with E-state index in [4.69, 9.17) is 0 Å². The Balaban J connectivity index is 2.77. The highest BCUT2D eigenvalue weighted by atomic mass is 32.2. The maximum absolute atomic E-state index is 2.24. The molecule has 0 bridgehead atoms. The highest BCUT2D eigenvalue weighted by Crippen LogP contribution is 2.05. The molecule has 0 N–H and O–H groups in total. The third kappa shape index (κ3) is 8.09. The van der Waals surface area contributed by atoms with E-state index in [1.54, 1.807) is 0 Å². The minimum absolute atomic E-state index is 1.26. The van der Waals surface area contributed by atoms with Gasteiger partial charge in [-0.15, -0.1) is 0 Å². The number of hydrogen-bond donors (Lipinski definition) is 0. The lowest BCUT2D eigenvalue weighted by Crippen LogP contribution is -1.80. The molecule has 0 aromatic heterocycles. The van der Waals surface area contributed by atoms with E-state index in [-0.39, 0.29) is 0 Å². The van der Waals surface area contributed by atoms with Crippen molar-refractivity contribution >= 4 is 11.8 Å². The van der Waals surface area contributed by atoms with Crippen molar-refractivity contribution in [3.05, 3.63) is 12.2 Å². The molecule has 0 rings (SSSR count). The molecular weight excluding hydrogens is 140 g/mol. The first-order chi connectivity index (χ1) is 4.91. The van der Waals surface area contributed by atoms with E-state index in [1.165, 1.54) is 30.8 Å². The zero-order valence-corrected chi connectivity index (χ0v) is 7.91. The summed E-state index contributed by atoms with van der Waals surface area (Å²) in [6.07, 6.45) is 8.29. The lowest BCUT2D eigenvalue weighted by molar-refractivity contribution is 0.966. The first-order valence-electron chi connectivity index (χ1n) is 4.10. The third-order valence-corrected chi connectivity index (χ3v) is 2.52. The molecule has 0 saturated heterocycles. The number of unbranched alkanes of at least 4 members (excludes halogenated alkanes) is 1. The second kappa shape index (κ2) is 9.09. The Bertz CT molecular complexity index is 76.8. The first-order valence-corrected chi connectivity index (χ1v) is 5.26. The summed E-state index contributed by atoms with van der Waals surface area (Å²) in [5.74, 6) is 2.66. The Hall–Kier alpha value is 0.0900. The Morgan fingerprint density at radius 2 is 2.10 bits per heavy atom. The van der Waals surface area contributed by atoms with Crippen molar-refractivity contribution in [3.63, 3.8) is 0 Å². The smallest absolute Gasteiger partial charge is 0.00646 e. The van der Waals surface area contributed by atoms with E-state index in [9.17, 15) is 0 Å². The maximum Gasteiger partial charge on any atom is -0.00646 e. The van der Waals surface area contributed by atoms with E-state index in [1.807, 2.05) is 0 Å². The fourth-order valence-electron chi connectivity index (χ4n) is 0.716. The highest BCUT2D eigenvalue weighted by Gasteiger charge is 1.84. The number of allylic oxidation sites excluding steroid dienone is 2. The molecule has 0 saturated carbocycles. The summed E-state index contributed by atoms with van der Waals surface area (Å²) < 4.78 is 0. The molecule has 60 valence electrons. The van der Waals surface area contributed by atoms with E-state index >= 15 is 0 Å². The molecule has 0 aliphatic carbocycles. The Labute approximate surface area is 69.1 Å². The minimum atomic E-state index is 1.26. The predicted molar refractivity (Wildman–Crippen MR) is 51.7 cm³/mol. The van der Waals surface area contributed by atoms with Crippen molar-refractivity contribution < 1.29 is 0 Å². The van der Waals surface area contributed by atoms with Gasteiger partial charge in [-0.2, -0.15) is 11.8 Å². The van der Waals surface area contributed by atoms with Gasteiger partial charge < -0.3 is 0 Å². The summed E-state index contributed by atoms with van der Waals surface area (Å²) in [6, 6.07) is 0. The van der Waals surface area contributed by atoms with E-state index in [0.717, 1.165) is 0 Å². The van der Waals surface area contributed by atoms with Crippen LogP contribution in [0.4, 0.5) is 0 Å². The first kappa shape index (κ1) is 10.1. The number of hydrogen-bond acceptors (Lipinski definition) is 1. The van der Waals surface area contributed by atoms with Gasteiger partial charge in [0.2, 0.25) is 0 Å². The Kier molecular flexibility index (Phi) is 9.17. The van der Waals surface area contributed by atoms with Crippen LogP contribution in [-0.2, 0) is 0 Å². The van der Waals surface area contributed by atoms with Gasteiger partial charge in [-0.05, 0) is 37.7 Å². The van der Waals surface area contributed by atoms with Crippen LogP contribution >= 0.6 is 11.8 Å². The molecule has 0 heterocycles. The Morgan fingerprint density at radius 3 is 2.70 bits per heavy atom. The molecule has 0 aromatic carbocycles. The molecule has 0 nitrogen and oxygen atoms in total. The van der Waals surface area contributed by atoms with Crippen molar-refractivity contribution in [2.24, 2.45) is 0 Å². The van der Waals surface area contributed by atoms with Crippen LogP contribution in [0.5, 0.6) is 0 Å². The van der Waals surface area contributed by atoms with Crippen molar-refractivity contribution in [1.29, 1.82) is 0 Å². The predicted octanol–water partition coefficient (Wildman–Crippen LogP) is 3.49. The summed E-state index contributed by atoms with van der Waals surface area (Å²) in [4.78, 5) is 0. The molecule has 0 atom stereocenters. The van der Waals surface area contributed by atoms with Gasteiger partial charge in [0.05, 0.1) is 0 Å². The molecular formula is C9H18S. The zero-order chi connectivity index (χ0) is 7.66. The van der Waals surface area contributed by atoms with Gasteiger partial charge in [-0.1, -0.05) is 19.1 Å². The maximum atomic E-state index is 2.24. The minimum Gasteiger partial charge on any atom is -0.162 e. The lowest BCUT2D eigenvalue weighted by Gasteiger charge is -1.95. The molecule has 0 unspecified atom stereocenters. The summed E-state index contributed by atoms with van der Waals surface area (Å²) in [5, 5.41) is 0. The normalized spacial score (nSPS) is 11.0. The number of thioether (sulfide) groups is 1. The topological polar surface area (TPSA) is 0 Å². The van der Waals surface area contributed by atoms with Gasteiger partial charge in [0.15, 0.2) is 0 Å². The van der Waals surface area contributed by atoms with Crippen LogP contribution < -0.4 is 0 Å². The fraction of sp³-hybridized carbons (Fsp3) is 0.778. The van der Waals surface area contributed by atoms with Crippen molar-refractivity contribution in [2.75, 3.05) is 11.5 Å². The van der Waals surface area contributed by atoms with Crippen LogP contribution in [-0.4, -0.2) is 11.5 Å². The molecule has 0 spiro atoms. The summed E-state index contributed by atoms with van der Waals surface area (Å²) in [7, 11) is 0. The van der Waals surface area contributed by atoms with Crippen molar-refractivity contribution in [2.45, 2.75) is 33.1 Å². The van der Waals surface area contributed by atoms with E-state index in [0.29, 0.717) is 0 Å². The monoisotopic (exact) mass is 158 g/mol. The van der Waals surface area contributed by atoms with Crippen LogP contribution in [0.1, 0.15) is 33.1 Å². The van der Waals surface area contributed by atoms with Gasteiger partial charge in [0, 0.05) is 0 Å². The second-order valence-corrected chi connectivity index (χ2v) is 3.55. The van der Waals surface area contributed by atoms with Crippen LogP contribution in [0.2, 0.25) is 0 Å². The molecule has 0 aromatic rings. The molecule has 0 fully saturated rings. The fourth-order valence-corrected chi connectivity index (χ4v) is 1.58. The van der Waals surface area contributed by atoms with Gasteiger partial charge in [0.1, 0.15) is 0 Å². The van der Waals surface area contributed by atoms with Crippen LogP contribution in [0, 0.1) is 0 Å². The average molecular weight is 158 g/mol. The van der Waals surface area contributed by atoms with Gasteiger partial charge >= 0.3 is 0 Å². The molecule has 0 amide bonds. The Morgan fingerprint density at radius 1 is 1.30 bits per heavy atom. The van der Waals surface area contributed by atoms with Gasteiger partial charge in [-0.3, -0.25) is 0 Å². The van der Waals surface area contributed by atoms with Crippen LogP contribution in [0.3, 0.4) is 0 Å². The summed E-state index contributed by atoms with van der Waals surface area (Å²) in [5.41, 5.74) is 0. The van der Waals surface area contributed by atoms with Crippen LogP contribution in [0.25, 0.3) is 0 Å². The molecule has 10 heavy (non-hydrogen) atoms. The second-order valence-electron chi connectivity index (χ2n) is 2.32. The zero-order valence-electron chi connectivity index (χ0n) is 7.10. The van der Waals surface area contributed by atoms with E-state index in [2.05, 4.69) is 37.8 Å². The van der Waals surface area contributed by atoms with Crippen LogP contribution in [0.15, 0.2) is 12.2 Å². The molecule has 0 aliphatic heterocycles. The van der Waals surface area contributed by atoms with Gasteiger partial charge in [-0.25, -0.2) is 0 Å². The molecule has 0 aliphatic rings. The molecule has 1 heteroatoms. The average Bonchev–Trinajstić information content (AvgIpc) is 1.97. The SMILES string of the molecule is CC=CCCCSCCC. The summed E-state index contributed by atoms with van der Waals surface area (Å²) >= 11 is 2.07. The van der Waals surface area contributed by atoms with Crippen molar-refractivity contribution in [1.82, 2.24) is 0 Å². The largest absolute Gasteiger partial charge is 0.162 e. The molecule has 0 radical (unpaired) electrons. The summed E-state index contributed by atoms with van der Waals surface area (Å²) in [6.45, 7) is 4.32. The highest BCUT2D eigenvalue weighted by molar-refractivity contribution is 7.99. The lowest BCUT2D eigenvalue weighted by atomic mass is 10.3. The number of rotatable bonds is 6. The quantitative estimate of drug-likeness (QED) is 0.421.